The molecular formula is C11H11FN4O2. The average molecular weight is 250 g/mol. The highest BCUT2D eigenvalue weighted by atomic mass is 19.1. The van der Waals surface area contributed by atoms with Crippen molar-refractivity contribution in [2.75, 3.05) is 5.32 Å². The SMILES string of the molecule is Cc1[nH]cnc1CNc1ccc([N+](=O)[O-])c(F)c1. The van der Waals surface area contributed by atoms with Crippen molar-refractivity contribution in [1.82, 2.24) is 9.97 Å². The summed E-state index contributed by atoms with van der Waals surface area (Å²) in [5, 5.41) is 13.4. The molecule has 0 radical (unpaired) electrons. The van der Waals surface area contributed by atoms with Crippen molar-refractivity contribution in [2.24, 2.45) is 0 Å². The van der Waals surface area contributed by atoms with E-state index >= 15 is 0 Å². The van der Waals surface area contributed by atoms with Gasteiger partial charge >= 0.3 is 5.69 Å². The lowest BCUT2D eigenvalue weighted by atomic mass is 10.2. The van der Waals surface area contributed by atoms with Crippen molar-refractivity contribution >= 4 is 11.4 Å². The van der Waals surface area contributed by atoms with Crippen molar-refractivity contribution in [2.45, 2.75) is 13.5 Å². The lowest BCUT2D eigenvalue weighted by molar-refractivity contribution is -0.387. The third-order valence-electron chi connectivity index (χ3n) is 2.54. The highest BCUT2D eigenvalue weighted by Crippen LogP contribution is 2.21. The molecule has 0 atom stereocenters. The molecule has 94 valence electrons. The molecule has 0 aliphatic carbocycles. The number of nitrogens with one attached hydrogen (secondary N) is 2. The molecule has 1 aromatic carbocycles. The summed E-state index contributed by atoms with van der Waals surface area (Å²) >= 11 is 0. The molecule has 2 N–H and O–H groups in total. The molecule has 6 nitrogen and oxygen atoms in total. The van der Waals surface area contributed by atoms with E-state index in [9.17, 15) is 14.5 Å². The van der Waals surface area contributed by atoms with Gasteiger partial charge in [-0.1, -0.05) is 0 Å². The molecule has 0 saturated carbocycles. The summed E-state index contributed by atoms with van der Waals surface area (Å²) in [7, 11) is 0. The number of nitro groups is 1. The van der Waals surface area contributed by atoms with Gasteiger partial charge in [0.1, 0.15) is 0 Å². The fourth-order valence-electron chi connectivity index (χ4n) is 1.52. The fourth-order valence-corrected chi connectivity index (χ4v) is 1.52. The Morgan fingerprint density at radius 3 is 2.89 bits per heavy atom. The number of nitrogens with zero attached hydrogens (tertiary/aromatic N) is 2. The molecule has 0 amide bonds. The Morgan fingerprint density at radius 2 is 2.33 bits per heavy atom. The molecule has 0 unspecified atom stereocenters. The number of imidazole rings is 1. The van der Waals surface area contributed by atoms with Gasteiger partial charge in [-0.3, -0.25) is 10.1 Å². The molecule has 0 saturated heterocycles. The number of aromatic amines is 1. The molecule has 0 aliphatic heterocycles. The van der Waals surface area contributed by atoms with E-state index in [1.165, 1.54) is 6.07 Å². The van der Waals surface area contributed by atoms with Gasteiger partial charge in [0.05, 0.1) is 23.5 Å². The highest BCUT2D eigenvalue weighted by Gasteiger charge is 2.13. The second-order valence-electron chi connectivity index (χ2n) is 3.75. The summed E-state index contributed by atoms with van der Waals surface area (Å²) in [6.45, 7) is 2.30. The number of hydrogen-bond acceptors (Lipinski definition) is 4. The molecule has 2 rings (SSSR count). The standard InChI is InChI=1S/C11H11FN4O2/c1-7-10(15-6-14-7)5-13-8-2-3-11(16(17)18)9(12)4-8/h2-4,6,13H,5H2,1H3,(H,14,15). The average Bonchev–Trinajstić information content (AvgIpc) is 2.72. The molecular weight excluding hydrogens is 239 g/mol. The Morgan fingerprint density at radius 1 is 1.56 bits per heavy atom. The van der Waals surface area contributed by atoms with Crippen LogP contribution in [0.25, 0.3) is 0 Å². The van der Waals surface area contributed by atoms with Gasteiger partial charge < -0.3 is 10.3 Å². The molecule has 0 bridgehead atoms. The van der Waals surface area contributed by atoms with Crippen LogP contribution in [0, 0.1) is 22.9 Å². The lowest BCUT2D eigenvalue weighted by Crippen LogP contribution is -2.02. The number of aryl methyl sites for hydroxylation is 1. The fraction of sp³-hybridized carbons (Fsp3) is 0.182. The van der Waals surface area contributed by atoms with Crippen LogP contribution in [0.4, 0.5) is 15.8 Å². The van der Waals surface area contributed by atoms with Crippen molar-refractivity contribution in [3.63, 3.8) is 0 Å². The molecule has 2 aromatic rings. The van der Waals surface area contributed by atoms with E-state index in [4.69, 9.17) is 0 Å². The first-order chi connectivity index (χ1) is 8.58. The van der Waals surface area contributed by atoms with Crippen LogP contribution in [0.3, 0.4) is 0 Å². The third kappa shape index (κ3) is 2.45. The second kappa shape index (κ2) is 4.82. The van der Waals surface area contributed by atoms with E-state index in [2.05, 4.69) is 15.3 Å². The molecule has 0 aliphatic rings. The van der Waals surface area contributed by atoms with Gasteiger partial charge in [0.15, 0.2) is 0 Å². The summed E-state index contributed by atoms with van der Waals surface area (Å²) in [5.74, 6) is -0.858. The maximum Gasteiger partial charge on any atom is 0.304 e. The molecule has 7 heteroatoms. The number of benzene rings is 1. The normalized spacial score (nSPS) is 10.3. The highest BCUT2D eigenvalue weighted by molar-refractivity contribution is 5.49. The minimum absolute atomic E-state index is 0.423. The van der Waals surface area contributed by atoms with Crippen molar-refractivity contribution in [3.05, 3.63) is 51.8 Å². The summed E-state index contributed by atoms with van der Waals surface area (Å²) in [4.78, 5) is 16.7. The predicted octanol–water partition coefficient (Wildman–Crippen LogP) is 2.38. The van der Waals surface area contributed by atoms with Gasteiger partial charge in [0.2, 0.25) is 5.82 Å². The molecule has 0 fully saturated rings. The second-order valence-corrected chi connectivity index (χ2v) is 3.75. The first kappa shape index (κ1) is 12.0. The minimum Gasteiger partial charge on any atom is -0.379 e. The summed E-state index contributed by atoms with van der Waals surface area (Å²) in [6, 6.07) is 3.69. The monoisotopic (exact) mass is 250 g/mol. The zero-order chi connectivity index (χ0) is 13.1. The van der Waals surface area contributed by atoms with E-state index in [0.717, 1.165) is 23.5 Å². The maximum absolute atomic E-state index is 13.3. The minimum atomic E-state index is -0.858. The van der Waals surface area contributed by atoms with Crippen LogP contribution < -0.4 is 5.32 Å². The number of hydrogen-bond donors (Lipinski definition) is 2. The van der Waals surface area contributed by atoms with Crippen molar-refractivity contribution in [1.29, 1.82) is 0 Å². The third-order valence-corrected chi connectivity index (χ3v) is 2.54. The number of H-pyrrole nitrogens is 1. The van der Waals surface area contributed by atoms with Crippen LogP contribution >= 0.6 is 0 Å². The Bertz CT molecular complexity index is 582. The number of nitro benzene ring substituents is 1. The summed E-state index contributed by atoms with van der Waals surface area (Å²) in [6.07, 6.45) is 1.57. The van der Waals surface area contributed by atoms with Crippen LogP contribution in [0.1, 0.15) is 11.4 Å². The Balaban J connectivity index is 2.09. The molecule has 1 heterocycles. The van der Waals surface area contributed by atoms with E-state index < -0.39 is 16.4 Å². The molecule has 18 heavy (non-hydrogen) atoms. The van der Waals surface area contributed by atoms with Crippen LogP contribution in [0.15, 0.2) is 24.5 Å². The van der Waals surface area contributed by atoms with E-state index in [-0.39, 0.29) is 0 Å². The topological polar surface area (TPSA) is 83.8 Å². The van der Waals surface area contributed by atoms with Crippen molar-refractivity contribution in [3.8, 4) is 0 Å². The number of aromatic nitrogens is 2. The van der Waals surface area contributed by atoms with Crippen LogP contribution in [0.2, 0.25) is 0 Å². The van der Waals surface area contributed by atoms with Gasteiger partial charge in [-0.25, -0.2) is 4.98 Å². The van der Waals surface area contributed by atoms with Gasteiger partial charge in [-0.2, -0.15) is 4.39 Å². The number of anilines is 1. The van der Waals surface area contributed by atoms with Crippen LogP contribution in [-0.2, 0) is 6.54 Å². The van der Waals surface area contributed by atoms with Gasteiger partial charge in [-0.15, -0.1) is 0 Å². The Hall–Kier alpha value is -2.44. The number of rotatable bonds is 4. The summed E-state index contributed by atoms with van der Waals surface area (Å²) in [5.41, 5.74) is 1.68. The maximum atomic E-state index is 13.3. The molecule has 0 spiro atoms. The van der Waals surface area contributed by atoms with E-state index in [0.29, 0.717) is 12.2 Å². The zero-order valence-corrected chi connectivity index (χ0v) is 9.61. The Labute approximate surface area is 102 Å². The quantitative estimate of drug-likeness (QED) is 0.644. The summed E-state index contributed by atoms with van der Waals surface area (Å²) < 4.78 is 13.3. The zero-order valence-electron chi connectivity index (χ0n) is 9.61. The predicted molar refractivity (Wildman–Crippen MR) is 63.7 cm³/mol. The van der Waals surface area contributed by atoms with Gasteiger partial charge in [0.25, 0.3) is 0 Å². The van der Waals surface area contributed by atoms with E-state index in [1.807, 2.05) is 6.92 Å². The first-order valence-electron chi connectivity index (χ1n) is 5.24. The van der Waals surface area contributed by atoms with E-state index in [1.54, 1.807) is 6.33 Å². The van der Waals surface area contributed by atoms with Gasteiger partial charge in [0, 0.05) is 23.5 Å². The lowest BCUT2D eigenvalue weighted by Gasteiger charge is -2.05. The smallest absolute Gasteiger partial charge is 0.304 e. The largest absolute Gasteiger partial charge is 0.379 e. The van der Waals surface area contributed by atoms with Gasteiger partial charge in [-0.05, 0) is 13.0 Å². The first-order valence-corrected chi connectivity index (χ1v) is 5.24. The van der Waals surface area contributed by atoms with Crippen molar-refractivity contribution < 1.29 is 9.31 Å². The molecule has 1 aromatic heterocycles. The van der Waals surface area contributed by atoms with Crippen LogP contribution in [-0.4, -0.2) is 14.9 Å². The number of halogens is 1. The Kier molecular flexibility index (Phi) is 3.22. The van der Waals surface area contributed by atoms with Crippen LogP contribution in [0.5, 0.6) is 0 Å².